The molecule has 0 aliphatic carbocycles. The SMILES string of the molecule is O=C(c1cncc(OS(=O)(=O)F)c1)N1CCCC(F)(F)C1. The molecule has 0 radical (unpaired) electrons. The van der Waals surface area contributed by atoms with Gasteiger partial charge in [0.15, 0.2) is 5.75 Å². The monoisotopic (exact) mass is 324 g/mol. The van der Waals surface area contributed by atoms with Crippen molar-refractivity contribution in [2.45, 2.75) is 18.8 Å². The number of amides is 1. The Kier molecular flexibility index (Phi) is 4.08. The van der Waals surface area contributed by atoms with Gasteiger partial charge in [-0.1, -0.05) is 3.89 Å². The van der Waals surface area contributed by atoms with E-state index in [9.17, 15) is 25.9 Å². The highest BCUT2D eigenvalue weighted by Crippen LogP contribution is 2.27. The van der Waals surface area contributed by atoms with Crippen LogP contribution in [0.3, 0.4) is 0 Å². The van der Waals surface area contributed by atoms with E-state index < -0.39 is 34.6 Å². The van der Waals surface area contributed by atoms with Crippen LogP contribution in [0, 0.1) is 0 Å². The van der Waals surface area contributed by atoms with Gasteiger partial charge in [0, 0.05) is 19.2 Å². The van der Waals surface area contributed by atoms with Gasteiger partial charge in [-0.05, 0) is 12.5 Å². The molecule has 1 amide bonds. The molecule has 2 heterocycles. The lowest BCUT2D eigenvalue weighted by Crippen LogP contribution is -2.45. The molecule has 1 aromatic rings. The second-order valence-corrected chi connectivity index (χ2v) is 5.52. The number of piperidine rings is 1. The second-order valence-electron chi connectivity index (χ2n) is 4.57. The van der Waals surface area contributed by atoms with E-state index in [0.29, 0.717) is 0 Å². The van der Waals surface area contributed by atoms with Crippen LogP contribution < -0.4 is 4.18 Å². The van der Waals surface area contributed by atoms with Crippen molar-refractivity contribution in [3.8, 4) is 5.75 Å². The highest BCUT2D eigenvalue weighted by Gasteiger charge is 2.37. The van der Waals surface area contributed by atoms with Crippen LogP contribution in [0.25, 0.3) is 0 Å². The number of carbonyl (C=O) groups is 1. The molecular formula is C11H11F3N2O4S. The van der Waals surface area contributed by atoms with Crippen LogP contribution in [-0.2, 0) is 10.5 Å². The molecule has 0 N–H and O–H groups in total. The van der Waals surface area contributed by atoms with Crippen molar-refractivity contribution in [1.82, 2.24) is 9.88 Å². The minimum absolute atomic E-state index is 0.154. The molecule has 10 heteroatoms. The molecule has 1 fully saturated rings. The lowest BCUT2D eigenvalue weighted by molar-refractivity contribution is -0.0560. The van der Waals surface area contributed by atoms with Gasteiger partial charge < -0.3 is 9.08 Å². The third-order valence-electron chi connectivity index (χ3n) is 2.84. The number of alkyl halides is 2. The first-order valence-electron chi connectivity index (χ1n) is 5.92. The molecule has 1 saturated heterocycles. The molecule has 21 heavy (non-hydrogen) atoms. The summed E-state index contributed by atoms with van der Waals surface area (Å²) in [6.07, 6.45) is 1.81. The summed E-state index contributed by atoms with van der Waals surface area (Å²) >= 11 is 0. The summed E-state index contributed by atoms with van der Waals surface area (Å²) in [6.45, 7) is -0.570. The van der Waals surface area contributed by atoms with E-state index in [1.54, 1.807) is 0 Å². The average Bonchev–Trinajstić information content (AvgIpc) is 2.35. The van der Waals surface area contributed by atoms with E-state index in [0.717, 1.165) is 23.4 Å². The summed E-state index contributed by atoms with van der Waals surface area (Å²) in [6, 6.07) is 0.930. The number of hydrogen-bond donors (Lipinski definition) is 0. The Labute approximate surface area is 118 Å². The lowest BCUT2D eigenvalue weighted by atomic mass is 10.1. The molecule has 6 nitrogen and oxygen atoms in total. The Bertz CT molecular complexity index is 651. The lowest BCUT2D eigenvalue weighted by Gasteiger charge is -2.32. The fraction of sp³-hybridized carbons (Fsp3) is 0.455. The molecule has 1 aliphatic heterocycles. The number of nitrogens with zero attached hydrogens (tertiary/aromatic N) is 2. The van der Waals surface area contributed by atoms with E-state index in [1.165, 1.54) is 0 Å². The normalized spacial score (nSPS) is 18.3. The summed E-state index contributed by atoms with van der Waals surface area (Å²) in [5, 5.41) is 0. The van der Waals surface area contributed by atoms with E-state index in [1.807, 2.05) is 0 Å². The van der Waals surface area contributed by atoms with Gasteiger partial charge in [-0.15, -0.1) is 0 Å². The molecule has 0 saturated carbocycles. The molecule has 1 aliphatic rings. The zero-order chi connectivity index (χ0) is 15.7. The molecule has 0 unspecified atom stereocenters. The van der Waals surface area contributed by atoms with Gasteiger partial charge in [0.2, 0.25) is 0 Å². The fourth-order valence-corrected chi connectivity index (χ4v) is 2.34. The van der Waals surface area contributed by atoms with Gasteiger partial charge in [0.1, 0.15) is 0 Å². The Morgan fingerprint density at radius 2 is 2.10 bits per heavy atom. The first-order chi connectivity index (χ1) is 9.66. The minimum atomic E-state index is -5.25. The molecule has 0 aromatic carbocycles. The van der Waals surface area contributed by atoms with E-state index in [2.05, 4.69) is 9.17 Å². The average molecular weight is 324 g/mol. The standard InChI is InChI=1S/C11H11F3N2O4S/c12-11(13)2-1-3-16(7-11)10(17)8-4-9(6-15-5-8)20-21(14,18)19/h4-6H,1-3,7H2. The summed E-state index contributed by atoms with van der Waals surface area (Å²) < 4.78 is 63.6. The van der Waals surface area contributed by atoms with Crippen molar-refractivity contribution in [1.29, 1.82) is 0 Å². The number of rotatable bonds is 3. The topological polar surface area (TPSA) is 76.6 Å². The van der Waals surface area contributed by atoms with Gasteiger partial charge >= 0.3 is 10.5 Å². The van der Waals surface area contributed by atoms with Crippen molar-refractivity contribution in [3.63, 3.8) is 0 Å². The molecule has 116 valence electrons. The van der Waals surface area contributed by atoms with Gasteiger partial charge in [-0.3, -0.25) is 9.78 Å². The molecule has 0 spiro atoms. The van der Waals surface area contributed by atoms with Gasteiger partial charge in [0.05, 0.1) is 18.3 Å². The number of likely N-dealkylation sites (tertiary alicyclic amines) is 1. The third-order valence-corrected chi connectivity index (χ3v) is 3.23. The van der Waals surface area contributed by atoms with Crippen LogP contribution >= 0.6 is 0 Å². The number of aromatic nitrogens is 1. The van der Waals surface area contributed by atoms with Gasteiger partial charge in [0.25, 0.3) is 11.8 Å². The largest absolute Gasteiger partial charge is 0.488 e. The summed E-state index contributed by atoms with van der Waals surface area (Å²) in [7, 11) is -5.25. The van der Waals surface area contributed by atoms with Crippen molar-refractivity contribution >= 4 is 16.4 Å². The number of pyridine rings is 1. The van der Waals surface area contributed by atoms with Crippen LogP contribution in [0.15, 0.2) is 18.5 Å². The molecule has 0 atom stereocenters. The van der Waals surface area contributed by atoms with Gasteiger partial charge in [-0.2, -0.15) is 8.42 Å². The quantitative estimate of drug-likeness (QED) is 0.788. The molecule has 0 bridgehead atoms. The predicted octanol–water partition coefficient (Wildman–Crippen LogP) is 1.55. The van der Waals surface area contributed by atoms with Gasteiger partial charge in [-0.25, -0.2) is 8.78 Å². The first kappa shape index (κ1) is 15.5. The number of carbonyl (C=O) groups excluding carboxylic acids is 1. The van der Waals surface area contributed by atoms with Crippen molar-refractivity contribution in [3.05, 3.63) is 24.0 Å². The molecule has 1 aromatic heterocycles. The highest BCUT2D eigenvalue weighted by molar-refractivity contribution is 7.81. The highest BCUT2D eigenvalue weighted by atomic mass is 32.3. The third kappa shape index (κ3) is 4.31. The van der Waals surface area contributed by atoms with Crippen LogP contribution in [0.1, 0.15) is 23.2 Å². The minimum Gasteiger partial charge on any atom is -0.357 e. The van der Waals surface area contributed by atoms with Crippen molar-refractivity contribution < 1.29 is 30.1 Å². The zero-order valence-corrected chi connectivity index (χ0v) is 11.4. The van der Waals surface area contributed by atoms with Crippen molar-refractivity contribution in [2.75, 3.05) is 13.1 Å². The van der Waals surface area contributed by atoms with Crippen LogP contribution in [-0.4, -0.2) is 43.2 Å². The summed E-state index contributed by atoms with van der Waals surface area (Å²) in [5.41, 5.74) is -0.158. The van der Waals surface area contributed by atoms with Crippen LogP contribution in [0.5, 0.6) is 5.75 Å². The Hall–Kier alpha value is -1.84. The molecule has 2 rings (SSSR count). The second kappa shape index (κ2) is 5.51. The Balaban J connectivity index is 2.18. The maximum absolute atomic E-state index is 13.3. The maximum Gasteiger partial charge on any atom is 0.488 e. The van der Waals surface area contributed by atoms with E-state index in [-0.39, 0.29) is 24.9 Å². The van der Waals surface area contributed by atoms with Crippen molar-refractivity contribution in [2.24, 2.45) is 0 Å². The number of halogens is 3. The zero-order valence-electron chi connectivity index (χ0n) is 10.6. The summed E-state index contributed by atoms with van der Waals surface area (Å²) in [4.78, 5) is 16.5. The fourth-order valence-electron chi connectivity index (χ4n) is 2.02. The Morgan fingerprint density at radius 1 is 1.38 bits per heavy atom. The summed E-state index contributed by atoms with van der Waals surface area (Å²) in [5.74, 6) is -4.21. The smallest absolute Gasteiger partial charge is 0.357 e. The predicted molar refractivity (Wildman–Crippen MR) is 65.0 cm³/mol. The van der Waals surface area contributed by atoms with E-state index >= 15 is 0 Å². The van der Waals surface area contributed by atoms with Crippen LogP contribution in [0.2, 0.25) is 0 Å². The number of hydrogen-bond acceptors (Lipinski definition) is 5. The van der Waals surface area contributed by atoms with Crippen LogP contribution in [0.4, 0.5) is 12.7 Å². The first-order valence-corrected chi connectivity index (χ1v) is 7.23. The maximum atomic E-state index is 13.3. The van der Waals surface area contributed by atoms with E-state index in [4.69, 9.17) is 0 Å². The molecular weight excluding hydrogens is 313 g/mol. The Morgan fingerprint density at radius 3 is 2.71 bits per heavy atom.